The number of para-hydroxylation sites is 2. The summed E-state index contributed by atoms with van der Waals surface area (Å²) >= 11 is 0. The van der Waals surface area contributed by atoms with Crippen LogP contribution in [0.4, 0.5) is 0 Å². The molecule has 0 saturated carbocycles. The monoisotopic (exact) mass is 519 g/mol. The first-order valence-corrected chi connectivity index (χ1v) is 12.5. The van der Waals surface area contributed by atoms with Crippen LogP contribution in [0, 0.1) is 13.8 Å². The molecule has 8 heteroatoms. The van der Waals surface area contributed by atoms with E-state index >= 15 is 0 Å². The summed E-state index contributed by atoms with van der Waals surface area (Å²) in [6, 6.07) is 27.2. The van der Waals surface area contributed by atoms with Crippen molar-refractivity contribution < 1.29 is 14.3 Å². The van der Waals surface area contributed by atoms with E-state index in [1.165, 1.54) is 0 Å². The third kappa shape index (κ3) is 5.17. The molecule has 0 atom stereocenters. The maximum Gasteiger partial charge on any atom is 0.273 e. The largest absolute Gasteiger partial charge is 0.493 e. The molecule has 0 unspecified atom stereocenters. The zero-order valence-electron chi connectivity index (χ0n) is 22.3. The maximum atomic E-state index is 13.1. The van der Waals surface area contributed by atoms with E-state index in [-0.39, 0.29) is 5.91 Å². The van der Waals surface area contributed by atoms with Crippen LogP contribution in [-0.4, -0.2) is 40.7 Å². The van der Waals surface area contributed by atoms with Crippen LogP contribution in [0.5, 0.6) is 11.5 Å². The highest BCUT2D eigenvalue weighted by atomic mass is 16.5. The molecule has 0 saturated heterocycles. The van der Waals surface area contributed by atoms with Gasteiger partial charge in [-0.05, 0) is 62.4 Å². The SMILES string of the molecule is COc1ccc(-c2nn(-c3ccccc3)cc2/C=N/NC(=O)c2cc(C)n(-c3ccccc3)c2C)cc1OC. The Labute approximate surface area is 227 Å². The van der Waals surface area contributed by atoms with Crippen LogP contribution in [0.2, 0.25) is 0 Å². The number of carbonyl (C=O) groups is 1. The maximum absolute atomic E-state index is 13.1. The molecule has 5 aromatic rings. The van der Waals surface area contributed by atoms with Gasteiger partial charge in [0, 0.05) is 34.4 Å². The standard InChI is InChI=1S/C31H29N5O3/c1-21-17-27(22(2)36(21)26-13-9-6-10-14-26)31(37)33-32-19-24-20-35(25-11-7-5-8-12-25)34-30(24)23-15-16-28(38-3)29(18-23)39-4/h5-20H,1-4H3,(H,33,37)/b32-19+. The van der Waals surface area contributed by atoms with Gasteiger partial charge in [-0.25, -0.2) is 10.1 Å². The number of ether oxygens (including phenoxy) is 2. The van der Waals surface area contributed by atoms with E-state index in [4.69, 9.17) is 14.6 Å². The fourth-order valence-electron chi connectivity index (χ4n) is 4.59. The van der Waals surface area contributed by atoms with Crippen molar-refractivity contribution in [2.75, 3.05) is 14.2 Å². The van der Waals surface area contributed by atoms with Crippen LogP contribution < -0.4 is 14.9 Å². The Morgan fingerprint density at radius 2 is 1.54 bits per heavy atom. The van der Waals surface area contributed by atoms with E-state index in [9.17, 15) is 4.79 Å². The molecule has 2 heterocycles. The summed E-state index contributed by atoms with van der Waals surface area (Å²) < 4.78 is 14.7. The number of nitrogens with one attached hydrogen (secondary N) is 1. The molecule has 0 spiro atoms. The number of methoxy groups -OCH3 is 2. The molecule has 3 aromatic carbocycles. The summed E-state index contributed by atoms with van der Waals surface area (Å²) in [5.74, 6) is 0.929. The van der Waals surface area contributed by atoms with Gasteiger partial charge >= 0.3 is 0 Å². The van der Waals surface area contributed by atoms with Gasteiger partial charge in [0.25, 0.3) is 5.91 Å². The highest BCUT2D eigenvalue weighted by molar-refractivity contribution is 5.97. The topological polar surface area (TPSA) is 82.7 Å². The Balaban J connectivity index is 1.45. The average molecular weight is 520 g/mol. The zero-order valence-corrected chi connectivity index (χ0v) is 22.3. The Morgan fingerprint density at radius 3 is 2.21 bits per heavy atom. The molecule has 5 rings (SSSR count). The number of aromatic nitrogens is 3. The van der Waals surface area contributed by atoms with Gasteiger partial charge in [0.1, 0.15) is 5.69 Å². The van der Waals surface area contributed by atoms with E-state index in [0.717, 1.165) is 33.9 Å². The van der Waals surface area contributed by atoms with Crippen LogP contribution >= 0.6 is 0 Å². The molecule has 1 N–H and O–H groups in total. The molecule has 2 aromatic heterocycles. The summed E-state index contributed by atoms with van der Waals surface area (Å²) in [6.07, 6.45) is 3.48. The van der Waals surface area contributed by atoms with E-state index in [1.54, 1.807) is 25.1 Å². The molecule has 196 valence electrons. The molecule has 0 aliphatic heterocycles. The number of hydrogen-bond acceptors (Lipinski definition) is 5. The Morgan fingerprint density at radius 1 is 0.872 bits per heavy atom. The van der Waals surface area contributed by atoms with E-state index in [0.29, 0.717) is 22.8 Å². The van der Waals surface area contributed by atoms with Crippen molar-refractivity contribution in [3.05, 3.63) is 114 Å². The fourth-order valence-corrected chi connectivity index (χ4v) is 4.59. The molecule has 0 bridgehead atoms. The third-order valence-corrected chi connectivity index (χ3v) is 6.48. The summed E-state index contributed by atoms with van der Waals surface area (Å²) in [4.78, 5) is 13.1. The first-order chi connectivity index (χ1) is 19.0. The van der Waals surface area contributed by atoms with Crippen molar-refractivity contribution in [1.82, 2.24) is 19.8 Å². The molecule has 0 radical (unpaired) electrons. The number of rotatable bonds is 8. The second kappa shape index (κ2) is 11.1. The highest BCUT2D eigenvalue weighted by Gasteiger charge is 2.17. The number of nitrogens with zero attached hydrogens (tertiary/aromatic N) is 4. The van der Waals surface area contributed by atoms with Crippen molar-refractivity contribution in [3.63, 3.8) is 0 Å². The number of amides is 1. The van der Waals surface area contributed by atoms with Crippen molar-refractivity contribution in [3.8, 4) is 34.1 Å². The minimum atomic E-state index is -0.287. The number of aryl methyl sites for hydroxylation is 1. The fraction of sp³-hybridized carbons (Fsp3) is 0.129. The molecule has 0 aliphatic rings. The Bertz CT molecular complexity index is 1640. The van der Waals surface area contributed by atoms with Crippen molar-refractivity contribution in [2.45, 2.75) is 13.8 Å². The molecule has 0 aliphatic carbocycles. The normalized spacial score (nSPS) is 11.1. The van der Waals surface area contributed by atoms with E-state index in [2.05, 4.69) is 15.1 Å². The van der Waals surface area contributed by atoms with Crippen LogP contribution in [-0.2, 0) is 0 Å². The number of carbonyl (C=O) groups excluding carboxylic acids is 1. The van der Waals surface area contributed by atoms with Gasteiger partial charge in [0.2, 0.25) is 0 Å². The zero-order chi connectivity index (χ0) is 27.4. The quantitative estimate of drug-likeness (QED) is 0.210. The number of benzene rings is 3. The first-order valence-electron chi connectivity index (χ1n) is 12.5. The third-order valence-electron chi connectivity index (χ3n) is 6.48. The molecule has 8 nitrogen and oxygen atoms in total. The lowest BCUT2D eigenvalue weighted by atomic mass is 10.1. The van der Waals surface area contributed by atoms with Gasteiger partial charge in [-0.2, -0.15) is 10.2 Å². The van der Waals surface area contributed by atoms with Gasteiger partial charge in [-0.1, -0.05) is 36.4 Å². The van der Waals surface area contributed by atoms with E-state index in [1.807, 2.05) is 105 Å². The lowest BCUT2D eigenvalue weighted by Crippen LogP contribution is -2.18. The van der Waals surface area contributed by atoms with Crippen LogP contribution in [0.15, 0.2) is 96.2 Å². The first kappa shape index (κ1) is 25.5. The van der Waals surface area contributed by atoms with Crippen LogP contribution in [0.3, 0.4) is 0 Å². The predicted molar refractivity (Wildman–Crippen MR) is 152 cm³/mol. The van der Waals surface area contributed by atoms with Crippen molar-refractivity contribution in [1.29, 1.82) is 0 Å². The molecule has 39 heavy (non-hydrogen) atoms. The van der Waals surface area contributed by atoms with Gasteiger partial charge in [-0.15, -0.1) is 0 Å². The smallest absolute Gasteiger partial charge is 0.273 e. The highest BCUT2D eigenvalue weighted by Crippen LogP contribution is 2.33. The summed E-state index contributed by atoms with van der Waals surface area (Å²) in [6.45, 7) is 3.91. The summed E-state index contributed by atoms with van der Waals surface area (Å²) in [7, 11) is 3.19. The molecular weight excluding hydrogens is 490 g/mol. The minimum absolute atomic E-state index is 0.287. The number of hydrogen-bond donors (Lipinski definition) is 1. The average Bonchev–Trinajstić information content (AvgIpc) is 3.53. The lowest BCUT2D eigenvalue weighted by molar-refractivity contribution is 0.0954. The lowest BCUT2D eigenvalue weighted by Gasteiger charge is -2.09. The van der Waals surface area contributed by atoms with Crippen LogP contribution in [0.1, 0.15) is 27.3 Å². The predicted octanol–water partition coefficient (Wildman–Crippen LogP) is 5.73. The number of hydrazone groups is 1. The van der Waals surface area contributed by atoms with Crippen LogP contribution in [0.25, 0.3) is 22.6 Å². The Kier molecular flexibility index (Phi) is 7.27. The van der Waals surface area contributed by atoms with E-state index < -0.39 is 0 Å². The van der Waals surface area contributed by atoms with Gasteiger partial charge in [-0.3, -0.25) is 4.79 Å². The van der Waals surface area contributed by atoms with Gasteiger partial charge in [0.15, 0.2) is 11.5 Å². The summed E-state index contributed by atoms with van der Waals surface area (Å²) in [5, 5.41) is 9.11. The molecule has 1 amide bonds. The summed E-state index contributed by atoms with van der Waals surface area (Å²) in [5.41, 5.74) is 9.18. The minimum Gasteiger partial charge on any atom is -0.493 e. The molecular formula is C31H29N5O3. The second-order valence-electron chi connectivity index (χ2n) is 8.94. The Hall–Kier alpha value is -5.11. The van der Waals surface area contributed by atoms with Gasteiger partial charge in [0.05, 0.1) is 31.7 Å². The molecule has 0 fully saturated rings. The van der Waals surface area contributed by atoms with Gasteiger partial charge < -0.3 is 14.0 Å². The van der Waals surface area contributed by atoms with Crippen molar-refractivity contribution >= 4 is 12.1 Å². The van der Waals surface area contributed by atoms with Crippen molar-refractivity contribution in [2.24, 2.45) is 5.10 Å². The second-order valence-corrected chi connectivity index (χ2v) is 8.94.